The molecular formula is C34H49N3O6. The SMILES string of the molecule is C=CCCCOC(=O)[C@@H]1[C@H]2C(=O)N(CCCCO)C(C(=O)N(CC=C)c3ccc(N(CC)CC)cc3)C23CC[C@@]1(CC)O3. The van der Waals surface area contributed by atoms with Gasteiger partial charge in [-0.1, -0.05) is 19.1 Å². The molecule has 3 aliphatic heterocycles. The molecule has 236 valence electrons. The van der Waals surface area contributed by atoms with E-state index in [1.165, 1.54) is 0 Å². The number of fused-ring (bicyclic) bond motifs is 1. The van der Waals surface area contributed by atoms with Gasteiger partial charge in [-0.15, -0.1) is 13.2 Å². The Kier molecular flexibility index (Phi) is 10.7. The molecule has 3 fully saturated rings. The normalized spacial score (nSPS) is 27.2. The van der Waals surface area contributed by atoms with Gasteiger partial charge in [0.05, 0.1) is 18.1 Å². The smallest absolute Gasteiger partial charge is 0.312 e. The summed E-state index contributed by atoms with van der Waals surface area (Å²) in [7, 11) is 0. The van der Waals surface area contributed by atoms with Gasteiger partial charge < -0.3 is 29.3 Å². The summed E-state index contributed by atoms with van der Waals surface area (Å²) in [6.45, 7) is 16.3. The van der Waals surface area contributed by atoms with Crippen LogP contribution in [0.5, 0.6) is 0 Å². The number of ether oxygens (including phenoxy) is 2. The molecule has 0 radical (unpaired) electrons. The minimum absolute atomic E-state index is 0.00814. The number of rotatable bonds is 17. The molecule has 9 nitrogen and oxygen atoms in total. The van der Waals surface area contributed by atoms with Gasteiger partial charge in [0.2, 0.25) is 5.91 Å². The van der Waals surface area contributed by atoms with Crippen LogP contribution in [0.25, 0.3) is 0 Å². The third-order valence-corrected chi connectivity index (χ3v) is 9.64. The highest BCUT2D eigenvalue weighted by Gasteiger charge is 2.79. The van der Waals surface area contributed by atoms with Crippen molar-refractivity contribution in [3.8, 4) is 0 Å². The molecule has 43 heavy (non-hydrogen) atoms. The monoisotopic (exact) mass is 595 g/mol. The van der Waals surface area contributed by atoms with Crippen molar-refractivity contribution in [3.05, 3.63) is 49.6 Å². The first kappa shape index (κ1) is 32.7. The van der Waals surface area contributed by atoms with Crippen molar-refractivity contribution in [2.45, 2.75) is 83.0 Å². The summed E-state index contributed by atoms with van der Waals surface area (Å²) in [4.78, 5) is 48.2. The predicted molar refractivity (Wildman–Crippen MR) is 168 cm³/mol. The highest BCUT2D eigenvalue weighted by atomic mass is 16.6. The largest absolute Gasteiger partial charge is 0.465 e. The number of nitrogens with zero attached hydrogens (tertiary/aromatic N) is 3. The summed E-state index contributed by atoms with van der Waals surface area (Å²) >= 11 is 0. The molecule has 1 aromatic rings. The number of carbonyl (C=O) groups is 3. The molecule has 3 aliphatic rings. The maximum atomic E-state index is 14.7. The van der Waals surface area contributed by atoms with E-state index in [1.54, 1.807) is 22.0 Å². The van der Waals surface area contributed by atoms with Gasteiger partial charge in [-0.05, 0) is 83.1 Å². The number of allylic oxidation sites excluding steroid dienone is 1. The number of amides is 2. The fourth-order valence-electron chi connectivity index (χ4n) is 7.51. The first-order chi connectivity index (χ1) is 20.8. The lowest BCUT2D eigenvalue weighted by molar-refractivity contribution is -0.161. The fourth-order valence-corrected chi connectivity index (χ4v) is 7.51. The van der Waals surface area contributed by atoms with Crippen LogP contribution in [0.3, 0.4) is 0 Å². The Balaban J connectivity index is 1.72. The van der Waals surface area contributed by atoms with Crippen LogP contribution in [0.4, 0.5) is 11.4 Å². The topological polar surface area (TPSA) is 99.6 Å². The number of aliphatic hydroxyl groups excluding tert-OH is 1. The van der Waals surface area contributed by atoms with Crippen molar-refractivity contribution in [1.29, 1.82) is 0 Å². The molecule has 9 heteroatoms. The first-order valence-electron chi connectivity index (χ1n) is 15.9. The average Bonchev–Trinajstić information content (AvgIpc) is 3.62. The van der Waals surface area contributed by atoms with Crippen molar-refractivity contribution in [2.24, 2.45) is 11.8 Å². The summed E-state index contributed by atoms with van der Waals surface area (Å²) in [6, 6.07) is 6.97. The number of anilines is 2. The van der Waals surface area contributed by atoms with Gasteiger partial charge in [0.15, 0.2) is 0 Å². The summed E-state index contributed by atoms with van der Waals surface area (Å²) in [5, 5.41) is 9.47. The van der Waals surface area contributed by atoms with Crippen LogP contribution in [0.15, 0.2) is 49.6 Å². The van der Waals surface area contributed by atoms with E-state index in [4.69, 9.17) is 9.47 Å². The molecule has 0 aromatic heterocycles. The number of esters is 1. The van der Waals surface area contributed by atoms with E-state index >= 15 is 0 Å². The molecule has 1 N–H and O–H groups in total. The third-order valence-electron chi connectivity index (χ3n) is 9.64. The summed E-state index contributed by atoms with van der Waals surface area (Å²) in [5.41, 5.74) is -0.203. The van der Waals surface area contributed by atoms with Gasteiger partial charge in [0.1, 0.15) is 17.6 Å². The standard InChI is InChI=1S/C34H49N3O6/c1-6-11-14-24-42-32(41)28-27-30(39)37(22-12-13-23-38)29(34(27)20-19-33(28,8-3)43-34)31(40)36(21-7-2)26-17-15-25(16-18-26)35(9-4)10-5/h6-7,15-18,27-29,38H,1-2,8-14,19-24H2,3-5H3/t27-,28-,29?,33+,34?/m0/s1. The molecule has 2 bridgehead atoms. The Morgan fingerprint density at radius 2 is 1.77 bits per heavy atom. The molecule has 0 aliphatic carbocycles. The van der Waals surface area contributed by atoms with E-state index in [0.717, 1.165) is 25.2 Å². The Hall–Kier alpha value is -3.17. The molecule has 1 spiro atoms. The maximum Gasteiger partial charge on any atom is 0.312 e. The fraction of sp³-hybridized carbons (Fsp3) is 0.618. The number of hydrogen-bond acceptors (Lipinski definition) is 7. The average molecular weight is 596 g/mol. The quantitative estimate of drug-likeness (QED) is 0.161. The second kappa shape index (κ2) is 14.1. The third kappa shape index (κ3) is 5.86. The first-order valence-corrected chi connectivity index (χ1v) is 15.9. The van der Waals surface area contributed by atoms with Gasteiger partial charge in [0.25, 0.3) is 5.91 Å². The highest BCUT2D eigenvalue weighted by molar-refractivity contribution is 6.05. The van der Waals surface area contributed by atoms with Crippen LogP contribution in [0.1, 0.15) is 65.7 Å². The molecule has 5 atom stereocenters. The zero-order chi connectivity index (χ0) is 31.2. The Labute approximate surface area is 256 Å². The van der Waals surface area contributed by atoms with Crippen LogP contribution >= 0.6 is 0 Å². The van der Waals surface area contributed by atoms with Crippen LogP contribution < -0.4 is 9.80 Å². The van der Waals surface area contributed by atoms with E-state index in [9.17, 15) is 19.5 Å². The molecular weight excluding hydrogens is 546 g/mol. The van der Waals surface area contributed by atoms with Crippen LogP contribution in [0, 0.1) is 11.8 Å². The molecule has 2 unspecified atom stereocenters. The number of likely N-dealkylation sites (tertiary alicyclic amines) is 1. The van der Waals surface area contributed by atoms with Crippen LogP contribution in [-0.2, 0) is 23.9 Å². The van der Waals surface area contributed by atoms with E-state index in [2.05, 4.69) is 31.9 Å². The summed E-state index contributed by atoms with van der Waals surface area (Å²) in [5.74, 6) is -2.49. The number of unbranched alkanes of at least 4 members (excludes halogenated alkanes) is 2. The summed E-state index contributed by atoms with van der Waals surface area (Å²) in [6.07, 6.45) is 7.51. The zero-order valence-corrected chi connectivity index (χ0v) is 26.1. The Bertz CT molecular complexity index is 1170. The highest BCUT2D eigenvalue weighted by Crippen LogP contribution is 2.64. The number of aliphatic hydroxyl groups is 1. The zero-order valence-electron chi connectivity index (χ0n) is 26.1. The van der Waals surface area contributed by atoms with Crippen LogP contribution in [0.2, 0.25) is 0 Å². The number of carbonyl (C=O) groups excluding carboxylic acids is 3. The molecule has 4 rings (SSSR count). The number of benzene rings is 1. The van der Waals surface area contributed by atoms with Gasteiger partial charge >= 0.3 is 5.97 Å². The van der Waals surface area contributed by atoms with Gasteiger partial charge in [0, 0.05) is 44.2 Å². The van der Waals surface area contributed by atoms with E-state index < -0.39 is 35.0 Å². The lowest BCUT2D eigenvalue weighted by Crippen LogP contribution is -2.56. The molecule has 2 amide bonds. The van der Waals surface area contributed by atoms with E-state index in [1.807, 2.05) is 31.2 Å². The molecule has 0 saturated carbocycles. The van der Waals surface area contributed by atoms with E-state index in [0.29, 0.717) is 50.8 Å². The van der Waals surface area contributed by atoms with Gasteiger partial charge in [-0.3, -0.25) is 14.4 Å². The summed E-state index contributed by atoms with van der Waals surface area (Å²) < 4.78 is 12.6. The predicted octanol–water partition coefficient (Wildman–Crippen LogP) is 4.49. The minimum Gasteiger partial charge on any atom is -0.465 e. The second-order valence-corrected chi connectivity index (χ2v) is 11.8. The lowest BCUT2D eigenvalue weighted by atomic mass is 9.65. The van der Waals surface area contributed by atoms with E-state index in [-0.39, 0.29) is 31.6 Å². The van der Waals surface area contributed by atoms with Crippen molar-refractivity contribution in [3.63, 3.8) is 0 Å². The van der Waals surface area contributed by atoms with Gasteiger partial charge in [-0.25, -0.2) is 0 Å². The van der Waals surface area contributed by atoms with Crippen molar-refractivity contribution in [2.75, 3.05) is 49.2 Å². The van der Waals surface area contributed by atoms with Crippen molar-refractivity contribution >= 4 is 29.2 Å². The molecule has 3 saturated heterocycles. The van der Waals surface area contributed by atoms with Crippen molar-refractivity contribution in [1.82, 2.24) is 4.90 Å². The van der Waals surface area contributed by atoms with Gasteiger partial charge in [-0.2, -0.15) is 0 Å². The molecule has 1 aromatic carbocycles. The Morgan fingerprint density at radius 1 is 1.07 bits per heavy atom. The number of hydrogen-bond donors (Lipinski definition) is 1. The van der Waals surface area contributed by atoms with Crippen molar-refractivity contribution < 1.29 is 29.0 Å². The maximum absolute atomic E-state index is 14.7. The second-order valence-electron chi connectivity index (χ2n) is 11.8. The molecule has 3 heterocycles. The lowest BCUT2D eigenvalue weighted by Gasteiger charge is -2.37. The van der Waals surface area contributed by atoms with Crippen LogP contribution in [-0.4, -0.2) is 84.4 Å². The Morgan fingerprint density at radius 3 is 2.37 bits per heavy atom. The minimum atomic E-state index is -1.13.